The molecular formula is C23H31N3O4S2. The minimum absolute atomic E-state index is 0.145. The Hall–Kier alpha value is -1.78. The van der Waals surface area contributed by atoms with Crippen molar-refractivity contribution in [3.63, 3.8) is 0 Å². The van der Waals surface area contributed by atoms with Gasteiger partial charge in [-0.3, -0.25) is 9.69 Å². The van der Waals surface area contributed by atoms with Gasteiger partial charge in [-0.05, 0) is 74.0 Å². The van der Waals surface area contributed by atoms with Crippen molar-refractivity contribution in [2.45, 2.75) is 37.5 Å². The van der Waals surface area contributed by atoms with Crippen LogP contribution in [-0.4, -0.2) is 58.6 Å². The van der Waals surface area contributed by atoms with Crippen LogP contribution in [0.5, 0.6) is 0 Å². The first-order chi connectivity index (χ1) is 15.4. The van der Waals surface area contributed by atoms with E-state index >= 15 is 0 Å². The lowest BCUT2D eigenvalue weighted by Gasteiger charge is -2.26. The number of rotatable bonds is 8. The molecule has 1 aromatic carbocycles. The predicted molar refractivity (Wildman–Crippen MR) is 127 cm³/mol. The van der Waals surface area contributed by atoms with Crippen LogP contribution in [0.2, 0.25) is 0 Å². The standard InChI is InChI=1S/C23H31N3O4S2/c1-17-3-8-21-18(15-17)16-22(31-21)23(27)25-19-4-6-20(7-5-19)32(28,29)24-9-2-10-26-11-13-30-14-12-26/h4-7,16-17,24H,2-3,8-15H2,1H3,(H,25,27)/t17-/m1/s1. The Kier molecular flexibility index (Phi) is 7.63. The molecule has 1 aliphatic carbocycles. The topological polar surface area (TPSA) is 87.7 Å². The van der Waals surface area contributed by atoms with E-state index in [1.54, 1.807) is 23.5 Å². The second-order valence-corrected chi connectivity index (χ2v) is 11.5. The van der Waals surface area contributed by atoms with E-state index in [4.69, 9.17) is 4.74 Å². The second kappa shape index (κ2) is 10.4. The Labute approximate surface area is 194 Å². The fourth-order valence-corrected chi connectivity index (χ4v) is 6.32. The van der Waals surface area contributed by atoms with E-state index in [9.17, 15) is 13.2 Å². The largest absolute Gasteiger partial charge is 0.379 e. The lowest BCUT2D eigenvalue weighted by molar-refractivity contribution is 0.0376. The number of nitrogens with zero attached hydrogens (tertiary/aromatic N) is 1. The maximum absolute atomic E-state index is 12.7. The Bertz CT molecular complexity index is 1030. The number of morpholine rings is 1. The van der Waals surface area contributed by atoms with E-state index in [1.807, 2.05) is 6.07 Å². The number of aryl methyl sites for hydroxylation is 1. The molecule has 2 N–H and O–H groups in total. The van der Waals surface area contributed by atoms with Crippen molar-refractivity contribution in [1.82, 2.24) is 9.62 Å². The molecule has 7 nitrogen and oxygen atoms in total. The number of carbonyl (C=O) groups is 1. The number of nitrogens with one attached hydrogen (secondary N) is 2. The molecule has 1 amide bonds. The van der Waals surface area contributed by atoms with Crippen LogP contribution in [0.25, 0.3) is 0 Å². The molecule has 9 heteroatoms. The van der Waals surface area contributed by atoms with Crippen molar-refractivity contribution in [3.8, 4) is 0 Å². The molecule has 0 saturated carbocycles. The van der Waals surface area contributed by atoms with Gasteiger partial charge < -0.3 is 10.1 Å². The van der Waals surface area contributed by atoms with Crippen molar-refractivity contribution in [1.29, 1.82) is 0 Å². The highest BCUT2D eigenvalue weighted by Crippen LogP contribution is 2.32. The zero-order chi connectivity index (χ0) is 22.6. The number of sulfonamides is 1. The molecule has 2 heterocycles. The highest BCUT2D eigenvalue weighted by atomic mass is 32.2. The number of thiophene rings is 1. The Balaban J connectivity index is 1.28. The molecule has 4 rings (SSSR count). The maximum atomic E-state index is 12.7. The summed E-state index contributed by atoms with van der Waals surface area (Å²) >= 11 is 1.57. The van der Waals surface area contributed by atoms with Gasteiger partial charge in [-0.25, -0.2) is 13.1 Å². The number of hydrogen-bond donors (Lipinski definition) is 2. The molecule has 32 heavy (non-hydrogen) atoms. The molecule has 1 saturated heterocycles. The summed E-state index contributed by atoms with van der Waals surface area (Å²) in [6, 6.07) is 8.33. The van der Waals surface area contributed by atoms with Crippen LogP contribution in [-0.2, 0) is 27.6 Å². The third kappa shape index (κ3) is 5.96. The number of amides is 1. The number of benzene rings is 1. The monoisotopic (exact) mass is 477 g/mol. The van der Waals surface area contributed by atoms with Gasteiger partial charge in [0.2, 0.25) is 10.0 Å². The fourth-order valence-electron chi connectivity index (χ4n) is 4.15. The number of ether oxygens (including phenoxy) is 1. The van der Waals surface area contributed by atoms with Crippen molar-refractivity contribution in [3.05, 3.63) is 45.6 Å². The quantitative estimate of drug-likeness (QED) is 0.571. The lowest BCUT2D eigenvalue weighted by atomic mass is 9.90. The van der Waals surface area contributed by atoms with Gasteiger partial charge in [0.05, 0.1) is 23.0 Å². The molecule has 1 atom stereocenters. The summed E-state index contributed by atoms with van der Waals surface area (Å²) in [5.74, 6) is 0.518. The molecule has 0 radical (unpaired) electrons. The van der Waals surface area contributed by atoms with Crippen LogP contribution in [0.15, 0.2) is 35.2 Å². The number of hydrogen-bond acceptors (Lipinski definition) is 6. The zero-order valence-corrected chi connectivity index (χ0v) is 20.1. The van der Waals surface area contributed by atoms with Crippen molar-refractivity contribution >= 4 is 33.0 Å². The summed E-state index contributed by atoms with van der Waals surface area (Å²) in [6.45, 7) is 6.75. The maximum Gasteiger partial charge on any atom is 0.265 e. The van der Waals surface area contributed by atoms with Crippen molar-refractivity contribution in [2.75, 3.05) is 44.7 Å². The second-order valence-electron chi connectivity index (χ2n) is 8.59. The van der Waals surface area contributed by atoms with Crippen LogP contribution >= 0.6 is 11.3 Å². The first-order valence-corrected chi connectivity index (χ1v) is 13.5. The van der Waals surface area contributed by atoms with E-state index in [0.29, 0.717) is 23.0 Å². The SMILES string of the molecule is C[C@@H]1CCc2sc(C(=O)Nc3ccc(S(=O)(=O)NCCCN4CCOCC4)cc3)cc2C1. The molecule has 174 valence electrons. The van der Waals surface area contributed by atoms with E-state index in [-0.39, 0.29) is 10.8 Å². The average Bonchev–Trinajstić information content (AvgIpc) is 3.21. The lowest BCUT2D eigenvalue weighted by Crippen LogP contribution is -2.38. The van der Waals surface area contributed by atoms with Gasteiger partial charge in [-0.1, -0.05) is 6.92 Å². The van der Waals surface area contributed by atoms with E-state index < -0.39 is 10.0 Å². The van der Waals surface area contributed by atoms with Crippen LogP contribution in [0.1, 0.15) is 39.9 Å². The number of carbonyl (C=O) groups excluding carboxylic acids is 1. The molecule has 1 fully saturated rings. The predicted octanol–water partition coefficient (Wildman–Crippen LogP) is 3.13. The summed E-state index contributed by atoms with van der Waals surface area (Å²) in [5, 5.41) is 2.89. The van der Waals surface area contributed by atoms with E-state index in [2.05, 4.69) is 21.9 Å². The van der Waals surface area contributed by atoms with E-state index in [0.717, 1.165) is 52.1 Å². The highest BCUT2D eigenvalue weighted by Gasteiger charge is 2.21. The molecule has 1 aliphatic heterocycles. The van der Waals surface area contributed by atoms with Crippen molar-refractivity contribution < 1.29 is 17.9 Å². The molecular weight excluding hydrogens is 446 g/mol. The van der Waals surface area contributed by atoms with Gasteiger partial charge in [-0.15, -0.1) is 11.3 Å². The van der Waals surface area contributed by atoms with Gasteiger partial charge in [0, 0.05) is 30.2 Å². The van der Waals surface area contributed by atoms with Gasteiger partial charge in [0.15, 0.2) is 0 Å². The minimum atomic E-state index is -3.57. The van der Waals surface area contributed by atoms with Crippen LogP contribution in [0.3, 0.4) is 0 Å². The summed E-state index contributed by atoms with van der Waals surface area (Å²) < 4.78 is 33.1. The fraction of sp³-hybridized carbons (Fsp3) is 0.522. The van der Waals surface area contributed by atoms with Gasteiger partial charge >= 0.3 is 0 Å². The molecule has 1 aromatic heterocycles. The Morgan fingerprint density at radius 2 is 1.97 bits per heavy atom. The minimum Gasteiger partial charge on any atom is -0.379 e. The summed E-state index contributed by atoms with van der Waals surface area (Å²) in [5.41, 5.74) is 1.88. The van der Waals surface area contributed by atoms with Crippen molar-refractivity contribution in [2.24, 2.45) is 5.92 Å². The first kappa shape index (κ1) is 23.4. The van der Waals surface area contributed by atoms with Crippen LogP contribution in [0.4, 0.5) is 5.69 Å². The van der Waals surface area contributed by atoms with Crippen LogP contribution < -0.4 is 10.0 Å². The molecule has 0 unspecified atom stereocenters. The van der Waals surface area contributed by atoms with Crippen LogP contribution in [0, 0.1) is 5.92 Å². The number of anilines is 1. The summed E-state index contributed by atoms with van der Waals surface area (Å²) in [4.78, 5) is 17.2. The summed E-state index contributed by atoms with van der Waals surface area (Å²) in [7, 11) is -3.57. The van der Waals surface area contributed by atoms with Gasteiger partial charge in [0.1, 0.15) is 0 Å². The Morgan fingerprint density at radius 3 is 2.72 bits per heavy atom. The van der Waals surface area contributed by atoms with E-state index in [1.165, 1.54) is 29.0 Å². The Morgan fingerprint density at radius 1 is 1.22 bits per heavy atom. The molecule has 2 aromatic rings. The third-order valence-electron chi connectivity index (χ3n) is 6.02. The number of fused-ring (bicyclic) bond motifs is 1. The first-order valence-electron chi connectivity index (χ1n) is 11.2. The van der Waals surface area contributed by atoms with Gasteiger partial charge in [0.25, 0.3) is 5.91 Å². The normalized spacial score (nSPS) is 19.5. The molecule has 0 bridgehead atoms. The van der Waals surface area contributed by atoms with Gasteiger partial charge in [-0.2, -0.15) is 0 Å². The summed E-state index contributed by atoms with van der Waals surface area (Å²) in [6.07, 6.45) is 3.99. The highest BCUT2D eigenvalue weighted by molar-refractivity contribution is 7.89. The average molecular weight is 478 g/mol. The molecule has 2 aliphatic rings. The zero-order valence-electron chi connectivity index (χ0n) is 18.4. The third-order valence-corrected chi connectivity index (χ3v) is 8.74. The molecule has 0 spiro atoms. The smallest absolute Gasteiger partial charge is 0.265 e.